The lowest BCUT2D eigenvalue weighted by molar-refractivity contribution is -0.144. The van der Waals surface area contributed by atoms with Crippen molar-refractivity contribution in [3.8, 4) is 0 Å². The molecule has 4 heteroatoms. The van der Waals surface area contributed by atoms with Crippen LogP contribution < -0.4 is 10.6 Å². The minimum absolute atomic E-state index is 0.0633. The highest BCUT2D eigenvalue weighted by atomic mass is 16.5. The highest BCUT2D eigenvalue weighted by Crippen LogP contribution is 1.94. The molecule has 4 nitrogen and oxygen atoms in total. The van der Waals surface area contributed by atoms with Crippen LogP contribution in [0.4, 0.5) is 0 Å². The van der Waals surface area contributed by atoms with Crippen molar-refractivity contribution in [3.63, 3.8) is 0 Å². The van der Waals surface area contributed by atoms with Crippen LogP contribution in [0.3, 0.4) is 0 Å². The lowest BCUT2D eigenvalue weighted by Gasteiger charge is -2.10. The van der Waals surface area contributed by atoms with Crippen LogP contribution in [0.5, 0.6) is 0 Å². The zero-order valence-electron chi connectivity index (χ0n) is 8.72. The maximum Gasteiger partial charge on any atom is 0.309 e. The molecule has 1 atom stereocenters. The van der Waals surface area contributed by atoms with Crippen LogP contribution in [-0.4, -0.2) is 39.3 Å². The van der Waals surface area contributed by atoms with Crippen LogP contribution in [0.15, 0.2) is 0 Å². The van der Waals surface area contributed by atoms with Crippen molar-refractivity contribution >= 4 is 5.97 Å². The van der Waals surface area contributed by atoms with Gasteiger partial charge < -0.3 is 15.4 Å². The molecule has 13 heavy (non-hydrogen) atoms. The SMILES string of the molecule is CCNCCNCC(C)C(=O)OC. The molecule has 0 saturated carbocycles. The van der Waals surface area contributed by atoms with Gasteiger partial charge in [0.2, 0.25) is 0 Å². The summed E-state index contributed by atoms with van der Waals surface area (Å²) >= 11 is 0. The Morgan fingerprint density at radius 2 is 2.00 bits per heavy atom. The largest absolute Gasteiger partial charge is 0.469 e. The van der Waals surface area contributed by atoms with Gasteiger partial charge in [0.15, 0.2) is 0 Å². The number of likely N-dealkylation sites (N-methyl/N-ethyl adjacent to an activating group) is 1. The van der Waals surface area contributed by atoms with Gasteiger partial charge >= 0.3 is 5.97 Å². The Balaban J connectivity index is 3.26. The Morgan fingerprint density at radius 1 is 1.38 bits per heavy atom. The number of methoxy groups -OCH3 is 1. The number of carbonyl (C=O) groups excluding carboxylic acids is 1. The Hall–Kier alpha value is -0.610. The number of ether oxygens (including phenoxy) is 1. The number of esters is 1. The maximum atomic E-state index is 11.0. The molecular weight excluding hydrogens is 168 g/mol. The molecule has 0 aliphatic carbocycles. The molecule has 0 spiro atoms. The smallest absolute Gasteiger partial charge is 0.309 e. The molecule has 0 aliphatic heterocycles. The van der Waals surface area contributed by atoms with Crippen LogP contribution in [0.2, 0.25) is 0 Å². The third-order valence-electron chi connectivity index (χ3n) is 1.78. The summed E-state index contributed by atoms with van der Waals surface area (Å²) in [6, 6.07) is 0. The van der Waals surface area contributed by atoms with Gasteiger partial charge in [0.25, 0.3) is 0 Å². The first-order valence-electron chi connectivity index (χ1n) is 4.71. The number of nitrogens with one attached hydrogen (secondary N) is 2. The fourth-order valence-electron chi connectivity index (χ4n) is 0.957. The van der Waals surface area contributed by atoms with Crippen molar-refractivity contribution in [2.75, 3.05) is 33.3 Å². The number of carbonyl (C=O) groups is 1. The van der Waals surface area contributed by atoms with Gasteiger partial charge in [-0.1, -0.05) is 13.8 Å². The van der Waals surface area contributed by atoms with E-state index in [1.165, 1.54) is 7.11 Å². The van der Waals surface area contributed by atoms with Crippen molar-refractivity contribution < 1.29 is 9.53 Å². The summed E-state index contributed by atoms with van der Waals surface area (Å²) in [6.07, 6.45) is 0. The van der Waals surface area contributed by atoms with Gasteiger partial charge in [-0.05, 0) is 6.54 Å². The molecule has 0 rings (SSSR count). The topological polar surface area (TPSA) is 50.4 Å². The highest BCUT2D eigenvalue weighted by Gasteiger charge is 2.11. The predicted octanol–water partition coefficient (Wildman–Crippen LogP) is -0.00540. The number of hydrogen-bond donors (Lipinski definition) is 2. The second kappa shape index (κ2) is 8.01. The van der Waals surface area contributed by atoms with Gasteiger partial charge in [0.05, 0.1) is 13.0 Å². The summed E-state index contributed by atoms with van der Waals surface area (Å²) in [6.45, 7) is 7.40. The average Bonchev–Trinajstić information content (AvgIpc) is 2.16. The third kappa shape index (κ3) is 6.54. The van der Waals surface area contributed by atoms with E-state index in [0.29, 0.717) is 6.54 Å². The third-order valence-corrected chi connectivity index (χ3v) is 1.78. The van der Waals surface area contributed by atoms with E-state index in [2.05, 4.69) is 22.3 Å². The predicted molar refractivity (Wildman–Crippen MR) is 52.6 cm³/mol. The first-order chi connectivity index (χ1) is 6.22. The van der Waals surface area contributed by atoms with Crippen molar-refractivity contribution in [1.29, 1.82) is 0 Å². The van der Waals surface area contributed by atoms with E-state index in [0.717, 1.165) is 19.6 Å². The minimum Gasteiger partial charge on any atom is -0.469 e. The van der Waals surface area contributed by atoms with Crippen LogP contribution in [0, 0.1) is 5.92 Å². The molecule has 0 fully saturated rings. The summed E-state index contributed by atoms with van der Waals surface area (Å²) in [5, 5.41) is 6.36. The fourth-order valence-corrected chi connectivity index (χ4v) is 0.957. The lowest BCUT2D eigenvalue weighted by Crippen LogP contribution is -2.32. The summed E-state index contributed by atoms with van der Waals surface area (Å²) < 4.78 is 4.60. The Bertz CT molecular complexity index is 140. The molecule has 2 N–H and O–H groups in total. The highest BCUT2D eigenvalue weighted by molar-refractivity contribution is 5.71. The van der Waals surface area contributed by atoms with Crippen LogP contribution in [0.25, 0.3) is 0 Å². The molecule has 0 aromatic rings. The zero-order chi connectivity index (χ0) is 10.1. The normalized spacial score (nSPS) is 12.5. The molecule has 0 saturated heterocycles. The van der Waals surface area contributed by atoms with E-state index >= 15 is 0 Å². The summed E-state index contributed by atoms with van der Waals surface area (Å²) in [5.41, 5.74) is 0. The minimum atomic E-state index is -0.157. The molecule has 1 unspecified atom stereocenters. The first-order valence-corrected chi connectivity index (χ1v) is 4.71. The second-order valence-electron chi connectivity index (χ2n) is 2.98. The van der Waals surface area contributed by atoms with Crippen LogP contribution >= 0.6 is 0 Å². The molecular formula is C9H20N2O2. The number of rotatable bonds is 7. The molecule has 0 amide bonds. The molecule has 0 bridgehead atoms. The molecule has 0 aliphatic rings. The van der Waals surface area contributed by atoms with E-state index in [9.17, 15) is 4.79 Å². The molecule has 0 heterocycles. The average molecular weight is 188 g/mol. The second-order valence-corrected chi connectivity index (χ2v) is 2.98. The van der Waals surface area contributed by atoms with E-state index in [4.69, 9.17) is 0 Å². The fraction of sp³-hybridized carbons (Fsp3) is 0.889. The summed E-state index contributed by atoms with van der Waals surface area (Å²) in [4.78, 5) is 11.0. The molecule has 78 valence electrons. The number of hydrogen-bond acceptors (Lipinski definition) is 4. The summed E-state index contributed by atoms with van der Waals surface area (Å²) in [7, 11) is 1.41. The van der Waals surface area contributed by atoms with Gasteiger partial charge in [-0.2, -0.15) is 0 Å². The van der Waals surface area contributed by atoms with Crippen molar-refractivity contribution in [3.05, 3.63) is 0 Å². The van der Waals surface area contributed by atoms with Gasteiger partial charge in [0, 0.05) is 19.6 Å². The van der Waals surface area contributed by atoms with Crippen molar-refractivity contribution in [2.45, 2.75) is 13.8 Å². The maximum absolute atomic E-state index is 11.0. The van der Waals surface area contributed by atoms with E-state index < -0.39 is 0 Å². The van der Waals surface area contributed by atoms with Gasteiger partial charge in [-0.15, -0.1) is 0 Å². The first kappa shape index (κ1) is 12.4. The Morgan fingerprint density at radius 3 is 2.54 bits per heavy atom. The van der Waals surface area contributed by atoms with Gasteiger partial charge in [-0.25, -0.2) is 0 Å². The van der Waals surface area contributed by atoms with Crippen LogP contribution in [-0.2, 0) is 9.53 Å². The summed E-state index contributed by atoms with van der Waals surface area (Å²) in [5.74, 6) is -0.220. The van der Waals surface area contributed by atoms with Gasteiger partial charge in [0.1, 0.15) is 0 Å². The lowest BCUT2D eigenvalue weighted by atomic mass is 10.2. The van der Waals surface area contributed by atoms with Crippen molar-refractivity contribution in [1.82, 2.24) is 10.6 Å². The van der Waals surface area contributed by atoms with Crippen LogP contribution in [0.1, 0.15) is 13.8 Å². The van der Waals surface area contributed by atoms with Crippen molar-refractivity contribution in [2.24, 2.45) is 5.92 Å². The molecule has 0 aromatic heterocycles. The van der Waals surface area contributed by atoms with E-state index in [-0.39, 0.29) is 11.9 Å². The molecule has 0 radical (unpaired) electrons. The Labute approximate surface area is 80.0 Å². The standard InChI is InChI=1S/C9H20N2O2/c1-4-10-5-6-11-7-8(2)9(12)13-3/h8,10-11H,4-7H2,1-3H3. The quantitative estimate of drug-likeness (QED) is 0.436. The zero-order valence-corrected chi connectivity index (χ0v) is 8.72. The van der Waals surface area contributed by atoms with E-state index in [1.807, 2.05) is 6.92 Å². The Kier molecular flexibility index (Phi) is 7.63. The monoisotopic (exact) mass is 188 g/mol. The van der Waals surface area contributed by atoms with E-state index in [1.54, 1.807) is 0 Å². The molecule has 0 aromatic carbocycles. The van der Waals surface area contributed by atoms with Gasteiger partial charge in [-0.3, -0.25) is 4.79 Å².